The van der Waals surface area contributed by atoms with Crippen LogP contribution in [-0.2, 0) is 12.8 Å². The average Bonchev–Trinajstić information content (AvgIpc) is 2.43. The third kappa shape index (κ3) is 4.08. The van der Waals surface area contributed by atoms with Gasteiger partial charge < -0.3 is 5.73 Å². The molecule has 1 nitrogen and oxygen atoms in total. The zero-order valence-corrected chi connectivity index (χ0v) is 13.9. The molecule has 0 radical (unpaired) electrons. The van der Waals surface area contributed by atoms with Crippen molar-refractivity contribution in [1.29, 1.82) is 0 Å². The molecule has 2 aromatic rings. The Morgan fingerprint density at radius 3 is 2.45 bits per heavy atom. The normalized spacial score (nSPS) is 12.4. The fraction of sp³-hybridized carbons (Fsp3) is 0.294. The number of benzene rings is 2. The summed E-state index contributed by atoms with van der Waals surface area (Å²) in [6.45, 7) is 2.71. The maximum Gasteiger partial charge on any atom is 0.0440 e. The summed E-state index contributed by atoms with van der Waals surface area (Å²) in [4.78, 5) is 0. The van der Waals surface area contributed by atoms with Crippen LogP contribution in [0.2, 0.25) is 5.02 Å². The fourth-order valence-corrected chi connectivity index (χ4v) is 3.10. The van der Waals surface area contributed by atoms with Crippen molar-refractivity contribution in [2.24, 2.45) is 11.7 Å². The molecule has 1 atom stereocenters. The molecule has 0 saturated heterocycles. The molecule has 20 heavy (non-hydrogen) atoms. The Labute approximate surface area is 134 Å². The lowest BCUT2D eigenvalue weighted by molar-refractivity contribution is 0.532. The van der Waals surface area contributed by atoms with Gasteiger partial charge in [0.25, 0.3) is 0 Å². The molecule has 3 heteroatoms. The number of nitrogens with two attached hydrogens (primary N) is 1. The number of hydrogen-bond donors (Lipinski definition) is 1. The van der Waals surface area contributed by atoms with E-state index in [9.17, 15) is 0 Å². The van der Waals surface area contributed by atoms with Crippen molar-refractivity contribution < 1.29 is 0 Å². The number of aryl methyl sites for hydroxylation is 1. The molecule has 2 rings (SSSR count). The summed E-state index contributed by atoms with van der Waals surface area (Å²) >= 11 is 9.91. The average molecular weight is 353 g/mol. The summed E-state index contributed by atoms with van der Waals surface area (Å²) in [5, 5.41) is 0.843. The number of hydrogen-bond acceptors (Lipinski definition) is 1. The standard InChI is InChI=1S/C17H19BrClN/c1-12-6-7-15(17(19)8-12)10-13(11-20)9-14-4-2-3-5-16(14)18/h2-8,13H,9-11,20H2,1H3. The molecule has 0 amide bonds. The lowest BCUT2D eigenvalue weighted by Gasteiger charge is -2.17. The van der Waals surface area contributed by atoms with Crippen LogP contribution in [0.25, 0.3) is 0 Å². The summed E-state index contributed by atoms with van der Waals surface area (Å²) in [5.74, 6) is 0.397. The van der Waals surface area contributed by atoms with Gasteiger partial charge in [0, 0.05) is 9.50 Å². The molecule has 0 saturated carbocycles. The molecule has 0 fully saturated rings. The first-order chi connectivity index (χ1) is 9.60. The summed E-state index contributed by atoms with van der Waals surface area (Å²) < 4.78 is 1.15. The minimum atomic E-state index is 0.397. The topological polar surface area (TPSA) is 26.0 Å². The maximum atomic E-state index is 6.31. The predicted molar refractivity (Wildman–Crippen MR) is 90.3 cm³/mol. The van der Waals surface area contributed by atoms with Crippen LogP contribution in [0, 0.1) is 12.8 Å². The predicted octanol–water partition coefficient (Wildman–Crippen LogP) is 4.77. The molecular weight excluding hydrogens is 334 g/mol. The first-order valence-electron chi connectivity index (χ1n) is 6.78. The van der Waals surface area contributed by atoms with Gasteiger partial charge in [-0.3, -0.25) is 0 Å². The summed E-state index contributed by atoms with van der Waals surface area (Å²) in [5.41, 5.74) is 9.61. The third-order valence-corrected chi connectivity index (χ3v) is 4.64. The smallest absolute Gasteiger partial charge is 0.0440 e. The van der Waals surface area contributed by atoms with Gasteiger partial charge in [-0.05, 0) is 61.1 Å². The Kier molecular flexibility index (Phi) is 5.64. The van der Waals surface area contributed by atoms with E-state index >= 15 is 0 Å². The van der Waals surface area contributed by atoms with Crippen LogP contribution in [-0.4, -0.2) is 6.54 Å². The summed E-state index contributed by atoms with van der Waals surface area (Å²) in [6.07, 6.45) is 1.87. The SMILES string of the molecule is Cc1ccc(CC(CN)Cc2ccccc2Br)c(Cl)c1. The van der Waals surface area contributed by atoms with Crippen molar-refractivity contribution in [3.63, 3.8) is 0 Å². The van der Waals surface area contributed by atoms with Crippen LogP contribution < -0.4 is 5.73 Å². The molecule has 0 bridgehead atoms. The Balaban J connectivity index is 2.11. The summed E-state index contributed by atoms with van der Waals surface area (Å²) in [6, 6.07) is 14.5. The molecule has 0 aliphatic rings. The lowest BCUT2D eigenvalue weighted by Crippen LogP contribution is -2.19. The van der Waals surface area contributed by atoms with Gasteiger partial charge in [-0.15, -0.1) is 0 Å². The first kappa shape index (κ1) is 15.6. The van der Waals surface area contributed by atoms with Gasteiger partial charge in [0.15, 0.2) is 0 Å². The van der Waals surface area contributed by atoms with Crippen molar-refractivity contribution in [3.05, 3.63) is 68.7 Å². The van der Waals surface area contributed by atoms with Crippen LogP contribution >= 0.6 is 27.5 Å². The summed E-state index contributed by atoms with van der Waals surface area (Å²) in [7, 11) is 0. The Bertz CT molecular complexity index is 583. The second-order valence-electron chi connectivity index (χ2n) is 5.20. The van der Waals surface area contributed by atoms with Crippen molar-refractivity contribution in [1.82, 2.24) is 0 Å². The molecule has 2 aromatic carbocycles. The van der Waals surface area contributed by atoms with Gasteiger partial charge >= 0.3 is 0 Å². The van der Waals surface area contributed by atoms with Gasteiger partial charge in [-0.1, -0.05) is 57.9 Å². The Morgan fingerprint density at radius 2 is 1.80 bits per heavy atom. The van der Waals surface area contributed by atoms with Crippen molar-refractivity contribution in [2.45, 2.75) is 19.8 Å². The van der Waals surface area contributed by atoms with Crippen LogP contribution in [0.5, 0.6) is 0 Å². The zero-order chi connectivity index (χ0) is 14.5. The van der Waals surface area contributed by atoms with E-state index in [-0.39, 0.29) is 0 Å². The second-order valence-corrected chi connectivity index (χ2v) is 6.46. The minimum Gasteiger partial charge on any atom is -0.330 e. The van der Waals surface area contributed by atoms with E-state index in [2.05, 4.69) is 53.2 Å². The highest BCUT2D eigenvalue weighted by atomic mass is 79.9. The van der Waals surface area contributed by atoms with E-state index in [0.717, 1.165) is 22.3 Å². The first-order valence-corrected chi connectivity index (χ1v) is 7.95. The molecule has 1 unspecified atom stereocenters. The lowest BCUT2D eigenvalue weighted by atomic mass is 9.92. The largest absolute Gasteiger partial charge is 0.330 e. The van der Waals surface area contributed by atoms with Gasteiger partial charge in [0.05, 0.1) is 0 Å². The van der Waals surface area contributed by atoms with E-state index in [1.165, 1.54) is 16.7 Å². The molecule has 0 aliphatic heterocycles. The number of rotatable bonds is 5. The van der Waals surface area contributed by atoms with E-state index in [1.54, 1.807) is 0 Å². The minimum absolute atomic E-state index is 0.397. The van der Waals surface area contributed by atoms with Crippen LogP contribution in [0.15, 0.2) is 46.9 Å². The fourth-order valence-electron chi connectivity index (χ4n) is 2.34. The van der Waals surface area contributed by atoms with Crippen molar-refractivity contribution >= 4 is 27.5 Å². The van der Waals surface area contributed by atoms with Crippen molar-refractivity contribution in [3.8, 4) is 0 Å². The van der Waals surface area contributed by atoms with Crippen molar-refractivity contribution in [2.75, 3.05) is 6.54 Å². The molecule has 2 N–H and O–H groups in total. The highest BCUT2D eigenvalue weighted by Crippen LogP contribution is 2.24. The second kappa shape index (κ2) is 7.26. The third-order valence-electron chi connectivity index (χ3n) is 3.52. The van der Waals surface area contributed by atoms with Crippen LogP contribution in [0.4, 0.5) is 0 Å². The molecule has 106 valence electrons. The molecular formula is C17H19BrClN. The molecule has 0 spiro atoms. The highest BCUT2D eigenvalue weighted by molar-refractivity contribution is 9.10. The molecule has 0 heterocycles. The quantitative estimate of drug-likeness (QED) is 0.824. The van der Waals surface area contributed by atoms with Gasteiger partial charge in [-0.25, -0.2) is 0 Å². The van der Waals surface area contributed by atoms with Crippen LogP contribution in [0.1, 0.15) is 16.7 Å². The van der Waals surface area contributed by atoms with E-state index < -0.39 is 0 Å². The van der Waals surface area contributed by atoms with Gasteiger partial charge in [0.1, 0.15) is 0 Å². The Hall–Kier alpha value is -0.830. The van der Waals surface area contributed by atoms with E-state index in [1.807, 2.05) is 12.1 Å². The van der Waals surface area contributed by atoms with Gasteiger partial charge in [-0.2, -0.15) is 0 Å². The molecule has 0 aliphatic carbocycles. The highest BCUT2D eigenvalue weighted by Gasteiger charge is 2.12. The maximum absolute atomic E-state index is 6.31. The zero-order valence-electron chi connectivity index (χ0n) is 11.6. The number of halogens is 2. The van der Waals surface area contributed by atoms with E-state index in [0.29, 0.717) is 12.5 Å². The van der Waals surface area contributed by atoms with E-state index in [4.69, 9.17) is 17.3 Å². The van der Waals surface area contributed by atoms with Crippen LogP contribution in [0.3, 0.4) is 0 Å². The van der Waals surface area contributed by atoms with Gasteiger partial charge in [0.2, 0.25) is 0 Å². The molecule has 0 aromatic heterocycles. The Morgan fingerprint density at radius 1 is 1.10 bits per heavy atom. The monoisotopic (exact) mass is 351 g/mol.